The summed E-state index contributed by atoms with van der Waals surface area (Å²) in [6.45, 7) is 5.17. The molecule has 1 aliphatic carbocycles. The molecule has 0 radical (unpaired) electrons. The molecule has 3 N–H and O–H groups in total. The van der Waals surface area contributed by atoms with Crippen LogP contribution in [0, 0.1) is 5.92 Å². The van der Waals surface area contributed by atoms with Gasteiger partial charge < -0.3 is 16.0 Å². The Morgan fingerprint density at radius 3 is 2.75 bits per heavy atom. The monoisotopic (exact) mass is 336 g/mol. The SMILES string of the molecule is CC(C)NC(=O)CCC1CNC(=O)C2CC(NC(=O)C3CC3)CN12. The van der Waals surface area contributed by atoms with E-state index in [2.05, 4.69) is 20.9 Å². The fourth-order valence-corrected chi connectivity index (χ4v) is 3.70. The molecule has 0 aromatic rings. The first-order valence-corrected chi connectivity index (χ1v) is 9.07. The molecule has 3 amide bonds. The van der Waals surface area contributed by atoms with Crippen molar-refractivity contribution >= 4 is 17.7 Å². The number of amides is 3. The molecule has 24 heavy (non-hydrogen) atoms. The highest BCUT2D eigenvalue weighted by atomic mass is 16.2. The fourth-order valence-electron chi connectivity index (χ4n) is 3.70. The number of carbonyl (C=O) groups excluding carboxylic acids is 3. The van der Waals surface area contributed by atoms with Gasteiger partial charge in [0, 0.05) is 43.6 Å². The van der Waals surface area contributed by atoms with Gasteiger partial charge in [0.25, 0.3) is 0 Å². The van der Waals surface area contributed by atoms with Gasteiger partial charge in [-0.3, -0.25) is 19.3 Å². The zero-order valence-electron chi connectivity index (χ0n) is 14.5. The molecule has 2 heterocycles. The maximum Gasteiger partial charge on any atom is 0.237 e. The summed E-state index contributed by atoms with van der Waals surface area (Å²) >= 11 is 0. The summed E-state index contributed by atoms with van der Waals surface area (Å²) in [6, 6.07) is 0.166. The van der Waals surface area contributed by atoms with E-state index in [1.165, 1.54) is 0 Å². The molecule has 1 saturated carbocycles. The van der Waals surface area contributed by atoms with Crippen LogP contribution in [0.25, 0.3) is 0 Å². The molecule has 0 aromatic heterocycles. The Hall–Kier alpha value is -1.63. The molecule has 3 atom stereocenters. The van der Waals surface area contributed by atoms with Crippen molar-refractivity contribution in [1.82, 2.24) is 20.9 Å². The van der Waals surface area contributed by atoms with Crippen molar-refractivity contribution in [3.05, 3.63) is 0 Å². The number of piperazine rings is 1. The second-order valence-electron chi connectivity index (χ2n) is 7.59. The molecule has 0 aromatic carbocycles. The van der Waals surface area contributed by atoms with E-state index in [1.807, 2.05) is 13.8 Å². The van der Waals surface area contributed by atoms with Crippen LogP contribution in [0.4, 0.5) is 0 Å². The molecule has 2 aliphatic heterocycles. The van der Waals surface area contributed by atoms with Gasteiger partial charge in [-0.25, -0.2) is 0 Å². The van der Waals surface area contributed by atoms with Gasteiger partial charge in [-0.15, -0.1) is 0 Å². The minimum absolute atomic E-state index is 0.0407. The van der Waals surface area contributed by atoms with Crippen LogP contribution in [0.2, 0.25) is 0 Å². The first-order chi connectivity index (χ1) is 11.4. The predicted molar refractivity (Wildman–Crippen MR) is 89.1 cm³/mol. The average Bonchev–Trinajstić information content (AvgIpc) is 3.27. The molecule has 3 fully saturated rings. The number of nitrogens with zero attached hydrogens (tertiary/aromatic N) is 1. The van der Waals surface area contributed by atoms with Crippen LogP contribution in [-0.4, -0.2) is 59.9 Å². The van der Waals surface area contributed by atoms with Gasteiger partial charge in [-0.05, 0) is 39.5 Å². The normalized spacial score (nSPS) is 30.0. The van der Waals surface area contributed by atoms with Crippen molar-refractivity contribution in [3.8, 4) is 0 Å². The van der Waals surface area contributed by atoms with Crippen molar-refractivity contribution in [1.29, 1.82) is 0 Å². The molecule has 0 bridgehead atoms. The third-order valence-corrected chi connectivity index (χ3v) is 5.07. The lowest BCUT2D eigenvalue weighted by molar-refractivity contribution is -0.129. The lowest BCUT2D eigenvalue weighted by Gasteiger charge is -2.37. The summed E-state index contributed by atoms with van der Waals surface area (Å²) in [7, 11) is 0. The van der Waals surface area contributed by atoms with Crippen molar-refractivity contribution < 1.29 is 14.4 Å². The lowest BCUT2D eigenvalue weighted by atomic mass is 10.0. The quantitative estimate of drug-likeness (QED) is 0.624. The minimum atomic E-state index is -0.179. The van der Waals surface area contributed by atoms with Gasteiger partial charge >= 0.3 is 0 Å². The molecule has 2 saturated heterocycles. The van der Waals surface area contributed by atoms with Gasteiger partial charge in [-0.2, -0.15) is 0 Å². The number of rotatable bonds is 6. The number of carbonyl (C=O) groups is 3. The van der Waals surface area contributed by atoms with E-state index < -0.39 is 0 Å². The van der Waals surface area contributed by atoms with Crippen LogP contribution < -0.4 is 16.0 Å². The Kier molecular flexibility index (Phi) is 5.08. The van der Waals surface area contributed by atoms with Crippen LogP contribution in [0.15, 0.2) is 0 Å². The van der Waals surface area contributed by atoms with Crippen molar-refractivity contribution in [2.75, 3.05) is 13.1 Å². The molecular formula is C17H28N4O3. The maximum absolute atomic E-state index is 12.1. The highest BCUT2D eigenvalue weighted by Gasteiger charge is 2.44. The van der Waals surface area contributed by atoms with Crippen LogP contribution >= 0.6 is 0 Å². The van der Waals surface area contributed by atoms with Gasteiger partial charge in [0.1, 0.15) is 0 Å². The van der Waals surface area contributed by atoms with E-state index in [-0.39, 0.29) is 47.8 Å². The molecule has 3 unspecified atom stereocenters. The summed E-state index contributed by atoms with van der Waals surface area (Å²) in [5, 5.41) is 8.94. The van der Waals surface area contributed by atoms with E-state index >= 15 is 0 Å². The summed E-state index contributed by atoms with van der Waals surface area (Å²) in [5.41, 5.74) is 0. The van der Waals surface area contributed by atoms with E-state index in [9.17, 15) is 14.4 Å². The van der Waals surface area contributed by atoms with E-state index in [0.29, 0.717) is 25.9 Å². The van der Waals surface area contributed by atoms with Gasteiger partial charge in [0.2, 0.25) is 17.7 Å². The Morgan fingerprint density at radius 2 is 2.08 bits per heavy atom. The summed E-state index contributed by atoms with van der Waals surface area (Å²) < 4.78 is 0. The minimum Gasteiger partial charge on any atom is -0.354 e. The summed E-state index contributed by atoms with van der Waals surface area (Å²) in [4.78, 5) is 38.2. The van der Waals surface area contributed by atoms with Crippen LogP contribution in [0.3, 0.4) is 0 Å². The average molecular weight is 336 g/mol. The predicted octanol–water partition coefficient (Wildman–Crippen LogP) is -0.241. The number of fused-ring (bicyclic) bond motifs is 1. The van der Waals surface area contributed by atoms with Crippen LogP contribution in [0.5, 0.6) is 0 Å². The molecular weight excluding hydrogens is 308 g/mol. The molecule has 3 aliphatic rings. The van der Waals surface area contributed by atoms with Crippen LogP contribution in [0.1, 0.15) is 46.0 Å². The third kappa shape index (κ3) is 4.06. The van der Waals surface area contributed by atoms with Gasteiger partial charge in [0.05, 0.1) is 6.04 Å². The highest BCUT2D eigenvalue weighted by molar-refractivity contribution is 5.84. The number of nitrogens with one attached hydrogen (secondary N) is 3. The summed E-state index contributed by atoms with van der Waals surface area (Å²) in [5.74, 6) is 0.414. The molecule has 134 valence electrons. The maximum atomic E-state index is 12.1. The standard InChI is InChI=1S/C17H28N4O3/c1-10(2)19-15(22)6-5-13-8-18-17(24)14-7-12(9-21(13)14)20-16(23)11-3-4-11/h10-14H,3-9H2,1-2H3,(H,18,24)(H,19,22)(H,20,23). The van der Waals surface area contributed by atoms with E-state index in [1.54, 1.807) is 0 Å². The van der Waals surface area contributed by atoms with Gasteiger partial charge in [0.15, 0.2) is 0 Å². The van der Waals surface area contributed by atoms with Crippen LogP contribution in [-0.2, 0) is 14.4 Å². The van der Waals surface area contributed by atoms with Crippen molar-refractivity contribution in [2.45, 2.75) is 70.1 Å². The van der Waals surface area contributed by atoms with Crippen molar-refractivity contribution in [2.24, 2.45) is 5.92 Å². The molecule has 7 heteroatoms. The zero-order chi connectivity index (χ0) is 17.3. The van der Waals surface area contributed by atoms with E-state index in [4.69, 9.17) is 0 Å². The Morgan fingerprint density at radius 1 is 1.33 bits per heavy atom. The van der Waals surface area contributed by atoms with Crippen molar-refractivity contribution in [3.63, 3.8) is 0 Å². The third-order valence-electron chi connectivity index (χ3n) is 5.07. The smallest absolute Gasteiger partial charge is 0.237 e. The molecule has 0 spiro atoms. The largest absolute Gasteiger partial charge is 0.354 e. The Balaban J connectivity index is 1.53. The zero-order valence-corrected chi connectivity index (χ0v) is 14.5. The Labute approximate surface area is 142 Å². The first-order valence-electron chi connectivity index (χ1n) is 9.07. The number of hydrogen-bond donors (Lipinski definition) is 3. The summed E-state index contributed by atoms with van der Waals surface area (Å²) in [6.07, 6.45) is 3.82. The second-order valence-corrected chi connectivity index (χ2v) is 7.59. The molecule has 3 rings (SSSR count). The fraction of sp³-hybridized carbons (Fsp3) is 0.824. The topological polar surface area (TPSA) is 90.5 Å². The highest BCUT2D eigenvalue weighted by Crippen LogP contribution is 2.30. The first kappa shape index (κ1) is 17.2. The van der Waals surface area contributed by atoms with Gasteiger partial charge in [-0.1, -0.05) is 0 Å². The second kappa shape index (κ2) is 7.09. The molecule has 7 nitrogen and oxygen atoms in total. The Bertz CT molecular complexity index is 518. The van der Waals surface area contributed by atoms with E-state index in [0.717, 1.165) is 19.3 Å². The lowest BCUT2D eigenvalue weighted by Crippen LogP contribution is -2.58. The number of hydrogen-bond acceptors (Lipinski definition) is 4.